The monoisotopic (exact) mass is 154 g/mol. The summed E-state index contributed by atoms with van der Waals surface area (Å²) in [6.07, 6.45) is 4.95. The second-order valence-electron chi connectivity index (χ2n) is 2.71. The number of rotatable bonds is 0. The molecule has 0 radical (unpaired) electrons. The maximum atomic E-state index is 13.0. The first kappa shape index (κ1) is 6.54. The number of aliphatic imine (C=N–C) groups is 1. The third-order valence-electron chi connectivity index (χ3n) is 1.76. The van der Waals surface area contributed by atoms with Gasteiger partial charge >= 0.3 is 0 Å². The van der Waals surface area contributed by atoms with Gasteiger partial charge in [0.2, 0.25) is 5.83 Å². The minimum absolute atomic E-state index is 0.237. The molecule has 0 aromatic rings. The van der Waals surface area contributed by atoms with E-state index in [4.69, 9.17) is 0 Å². The molecule has 2 heterocycles. The Bertz CT molecular complexity index is 267. The van der Waals surface area contributed by atoms with E-state index in [1.54, 1.807) is 11.1 Å². The maximum absolute atomic E-state index is 13.0. The maximum Gasteiger partial charge on any atom is 0.270 e. The van der Waals surface area contributed by atoms with E-state index in [9.17, 15) is 4.39 Å². The van der Waals surface area contributed by atoms with Gasteiger partial charge in [-0.25, -0.2) is 4.90 Å². The first-order chi connectivity index (χ1) is 5.27. The number of hydrogen-bond acceptors (Lipinski definition) is 2. The number of nitrogens with one attached hydrogen (secondary N) is 1. The average molecular weight is 154 g/mol. The van der Waals surface area contributed by atoms with Crippen LogP contribution in [0.1, 0.15) is 0 Å². The summed E-state index contributed by atoms with van der Waals surface area (Å²) in [7, 11) is 1.84. The molecular weight excluding hydrogens is 145 g/mol. The predicted octanol–water partition coefficient (Wildman–Crippen LogP) is -0.532. The lowest BCUT2D eigenvalue weighted by molar-refractivity contribution is -0.758. The molecule has 1 atom stereocenters. The lowest BCUT2D eigenvalue weighted by atomic mass is 10.4. The number of nitrogens with zero attached hydrogens (tertiary/aromatic N) is 2. The van der Waals surface area contributed by atoms with Crippen LogP contribution in [0.5, 0.6) is 0 Å². The predicted molar refractivity (Wildman–Crippen MR) is 39.4 cm³/mol. The molecule has 2 aliphatic heterocycles. The largest absolute Gasteiger partial charge is 0.331 e. The Morgan fingerprint density at radius 2 is 2.55 bits per heavy atom. The summed E-state index contributed by atoms with van der Waals surface area (Å²) in [5.74, 6) is 0.266. The molecule has 2 rings (SSSR count). The molecule has 1 N–H and O–H groups in total. The molecule has 4 heteroatoms. The van der Waals surface area contributed by atoms with Gasteiger partial charge in [-0.15, -0.1) is 0 Å². The van der Waals surface area contributed by atoms with Crippen molar-refractivity contribution in [3.63, 3.8) is 0 Å². The van der Waals surface area contributed by atoms with Gasteiger partial charge in [-0.05, 0) is 0 Å². The van der Waals surface area contributed by atoms with E-state index in [1.807, 2.05) is 13.2 Å². The fourth-order valence-electron chi connectivity index (χ4n) is 1.28. The van der Waals surface area contributed by atoms with Crippen molar-refractivity contribution in [2.45, 2.75) is 0 Å². The standard InChI is InChI=1S/C7H8FN3/c1-10-4-6(8)7-9-2-3-11(7)5-10/h2-4H,5H2,1H3/p+1. The Hall–Kier alpha value is -1.16. The normalized spacial score (nSPS) is 28.2. The van der Waals surface area contributed by atoms with Gasteiger partial charge in [0.15, 0.2) is 6.67 Å². The van der Waals surface area contributed by atoms with E-state index in [2.05, 4.69) is 4.99 Å². The van der Waals surface area contributed by atoms with Crippen molar-refractivity contribution >= 4 is 5.84 Å². The highest BCUT2D eigenvalue weighted by molar-refractivity contribution is 5.91. The first-order valence-electron chi connectivity index (χ1n) is 3.46. The summed E-state index contributed by atoms with van der Waals surface area (Å²) in [5.41, 5.74) is 0. The molecule has 2 aliphatic rings. The van der Waals surface area contributed by atoms with Gasteiger partial charge in [0.1, 0.15) is 6.20 Å². The number of fused-ring (bicyclic) bond motifs is 1. The van der Waals surface area contributed by atoms with Crippen molar-refractivity contribution in [3.8, 4) is 0 Å². The number of quaternary nitrogens is 1. The summed E-state index contributed by atoms with van der Waals surface area (Å²) in [6, 6.07) is 0. The Balaban J connectivity index is 2.34. The molecule has 0 amide bonds. The van der Waals surface area contributed by atoms with Gasteiger partial charge in [0.25, 0.3) is 5.84 Å². The summed E-state index contributed by atoms with van der Waals surface area (Å²) in [4.78, 5) is 6.67. The molecule has 58 valence electrons. The van der Waals surface area contributed by atoms with Gasteiger partial charge in [-0.1, -0.05) is 0 Å². The van der Waals surface area contributed by atoms with Crippen LogP contribution < -0.4 is 4.90 Å². The fraction of sp³-hybridized carbons (Fsp3) is 0.286. The summed E-state index contributed by atoms with van der Waals surface area (Å²) < 4.78 is 13.0. The number of amidine groups is 1. The van der Waals surface area contributed by atoms with Crippen LogP contribution >= 0.6 is 0 Å². The molecule has 1 unspecified atom stereocenters. The second kappa shape index (κ2) is 2.17. The Kier molecular flexibility index (Phi) is 1.29. The highest BCUT2D eigenvalue weighted by atomic mass is 19.1. The van der Waals surface area contributed by atoms with E-state index in [0.717, 1.165) is 11.6 Å². The van der Waals surface area contributed by atoms with E-state index in [0.29, 0.717) is 5.84 Å². The fourth-order valence-corrected chi connectivity index (χ4v) is 1.28. The van der Waals surface area contributed by atoms with Crippen LogP contribution in [0.3, 0.4) is 0 Å². The molecule has 0 spiro atoms. The molecule has 0 aromatic heterocycles. The smallest absolute Gasteiger partial charge is 0.270 e. The minimum atomic E-state index is -0.237. The first-order valence-corrected chi connectivity index (χ1v) is 3.46. The van der Waals surface area contributed by atoms with Crippen LogP contribution in [0, 0.1) is 0 Å². The zero-order chi connectivity index (χ0) is 7.84. The van der Waals surface area contributed by atoms with Crippen LogP contribution in [-0.2, 0) is 0 Å². The number of halogens is 1. The highest BCUT2D eigenvalue weighted by Gasteiger charge is 2.28. The van der Waals surface area contributed by atoms with E-state index < -0.39 is 0 Å². The third kappa shape index (κ3) is 0.952. The zero-order valence-corrected chi connectivity index (χ0v) is 6.21. The number of hydrogen-bond donors (Lipinski definition) is 1. The third-order valence-corrected chi connectivity index (χ3v) is 1.76. The molecule has 0 saturated carbocycles. The van der Waals surface area contributed by atoms with Crippen molar-refractivity contribution in [3.05, 3.63) is 24.4 Å². The van der Waals surface area contributed by atoms with Gasteiger partial charge in [-0.2, -0.15) is 9.38 Å². The SMILES string of the molecule is CN1C=C(F)C2=NC=C[NH+]2C1. The lowest BCUT2D eigenvalue weighted by Crippen LogP contribution is -3.11. The summed E-state index contributed by atoms with van der Waals surface area (Å²) in [6.45, 7) is 0.753. The van der Waals surface area contributed by atoms with E-state index in [1.165, 1.54) is 6.20 Å². The Morgan fingerprint density at radius 1 is 1.73 bits per heavy atom. The summed E-state index contributed by atoms with van der Waals surface area (Å²) in [5, 5.41) is 0. The molecule has 11 heavy (non-hydrogen) atoms. The second-order valence-corrected chi connectivity index (χ2v) is 2.71. The molecular formula is C7H9FN3+. The molecule has 0 aliphatic carbocycles. The van der Waals surface area contributed by atoms with Crippen molar-refractivity contribution in [2.24, 2.45) is 4.99 Å². The van der Waals surface area contributed by atoms with Crippen molar-refractivity contribution < 1.29 is 9.29 Å². The van der Waals surface area contributed by atoms with E-state index in [-0.39, 0.29) is 5.83 Å². The van der Waals surface area contributed by atoms with Gasteiger partial charge in [-0.3, -0.25) is 0 Å². The van der Waals surface area contributed by atoms with Gasteiger partial charge in [0, 0.05) is 13.2 Å². The van der Waals surface area contributed by atoms with Gasteiger partial charge in [0.05, 0.1) is 6.20 Å². The molecule has 3 nitrogen and oxygen atoms in total. The Morgan fingerprint density at radius 3 is 3.36 bits per heavy atom. The Labute approximate surface area is 64.1 Å². The van der Waals surface area contributed by atoms with Crippen LogP contribution in [-0.4, -0.2) is 24.5 Å². The molecule has 0 aromatic carbocycles. The quantitative estimate of drug-likeness (QED) is 0.497. The summed E-state index contributed by atoms with van der Waals surface area (Å²) >= 11 is 0. The van der Waals surface area contributed by atoms with Crippen molar-refractivity contribution in [1.29, 1.82) is 0 Å². The van der Waals surface area contributed by atoms with Crippen molar-refractivity contribution in [1.82, 2.24) is 4.90 Å². The lowest BCUT2D eigenvalue weighted by Gasteiger charge is -2.22. The average Bonchev–Trinajstić information content (AvgIpc) is 2.34. The topological polar surface area (TPSA) is 20.0 Å². The van der Waals surface area contributed by atoms with Gasteiger partial charge < -0.3 is 4.90 Å². The van der Waals surface area contributed by atoms with Crippen LogP contribution in [0.4, 0.5) is 4.39 Å². The van der Waals surface area contributed by atoms with Crippen LogP contribution in [0.25, 0.3) is 0 Å². The van der Waals surface area contributed by atoms with Crippen LogP contribution in [0.2, 0.25) is 0 Å². The highest BCUT2D eigenvalue weighted by Crippen LogP contribution is 2.04. The molecule has 0 fully saturated rings. The minimum Gasteiger partial charge on any atom is -0.331 e. The molecule has 0 bridgehead atoms. The van der Waals surface area contributed by atoms with Crippen molar-refractivity contribution in [2.75, 3.05) is 13.7 Å². The van der Waals surface area contributed by atoms with Crippen LogP contribution in [0.15, 0.2) is 29.4 Å². The molecule has 0 saturated heterocycles. The zero-order valence-electron chi connectivity index (χ0n) is 6.21. The van der Waals surface area contributed by atoms with E-state index >= 15 is 0 Å².